The first-order valence-electron chi connectivity index (χ1n) is 6.62. The summed E-state index contributed by atoms with van der Waals surface area (Å²) in [7, 11) is 0. The predicted molar refractivity (Wildman–Crippen MR) is 66.4 cm³/mol. The summed E-state index contributed by atoms with van der Waals surface area (Å²) in [6, 6.07) is 1.13. The van der Waals surface area contributed by atoms with Gasteiger partial charge in [0.1, 0.15) is 0 Å². The third kappa shape index (κ3) is 2.46. The second kappa shape index (κ2) is 5.48. The molecule has 3 heteroatoms. The van der Waals surface area contributed by atoms with Crippen molar-refractivity contribution in [2.24, 2.45) is 0 Å². The molecule has 1 heterocycles. The molecule has 1 fully saturated rings. The fourth-order valence-corrected chi connectivity index (χ4v) is 2.65. The van der Waals surface area contributed by atoms with Crippen molar-refractivity contribution in [3.63, 3.8) is 0 Å². The van der Waals surface area contributed by atoms with Crippen molar-refractivity contribution in [3.8, 4) is 0 Å². The van der Waals surface area contributed by atoms with Gasteiger partial charge in [-0.1, -0.05) is 26.7 Å². The van der Waals surface area contributed by atoms with Crippen molar-refractivity contribution >= 4 is 0 Å². The SMILES string of the molecule is CCNC(CC)c1cnn(C2CCCC2)c1. The predicted octanol–water partition coefficient (Wildman–Crippen LogP) is 3.06. The Hall–Kier alpha value is -0.830. The summed E-state index contributed by atoms with van der Waals surface area (Å²) in [6.45, 7) is 5.40. The summed E-state index contributed by atoms with van der Waals surface area (Å²) in [5, 5.41) is 8.03. The molecule has 0 aromatic carbocycles. The van der Waals surface area contributed by atoms with Crippen LogP contribution in [0.5, 0.6) is 0 Å². The van der Waals surface area contributed by atoms with Crippen LogP contribution in [0.4, 0.5) is 0 Å². The zero-order valence-electron chi connectivity index (χ0n) is 10.4. The first-order chi connectivity index (χ1) is 7.85. The zero-order chi connectivity index (χ0) is 11.4. The minimum absolute atomic E-state index is 0.472. The summed E-state index contributed by atoms with van der Waals surface area (Å²) < 4.78 is 2.18. The van der Waals surface area contributed by atoms with Crippen molar-refractivity contribution in [3.05, 3.63) is 18.0 Å². The summed E-state index contributed by atoms with van der Waals surface area (Å²) in [6.07, 6.45) is 10.7. The lowest BCUT2D eigenvalue weighted by Gasteiger charge is -2.14. The second-order valence-electron chi connectivity index (χ2n) is 4.71. The van der Waals surface area contributed by atoms with Gasteiger partial charge in [0.25, 0.3) is 0 Å². The molecule has 16 heavy (non-hydrogen) atoms. The lowest BCUT2D eigenvalue weighted by molar-refractivity contribution is 0.464. The highest BCUT2D eigenvalue weighted by molar-refractivity contribution is 5.10. The van der Waals surface area contributed by atoms with Gasteiger partial charge in [0.2, 0.25) is 0 Å². The topological polar surface area (TPSA) is 29.9 Å². The maximum Gasteiger partial charge on any atom is 0.0537 e. The van der Waals surface area contributed by atoms with E-state index in [0.29, 0.717) is 12.1 Å². The number of rotatable bonds is 5. The molecule has 3 nitrogen and oxygen atoms in total. The van der Waals surface area contributed by atoms with Crippen LogP contribution in [0.25, 0.3) is 0 Å². The third-order valence-electron chi connectivity index (χ3n) is 3.58. The molecule has 2 rings (SSSR count). The summed E-state index contributed by atoms with van der Waals surface area (Å²) >= 11 is 0. The first kappa shape index (κ1) is 11.6. The van der Waals surface area contributed by atoms with Gasteiger partial charge in [0.05, 0.1) is 12.2 Å². The monoisotopic (exact) mass is 221 g/mol. The van der Waals surface area contributed by atoms with E-state index in [-0.39, 0.29) is 0 Å². The van der Waals surface area contributed by atoms with Crippen LogP contribution in [0.3, 0.4) is 0 Å². The third-order valence-corrected chi connectivity index (χ3v) is 3.58. The van der Waals surface area contributed by atoms with Gasteiger partial charge in [-0.05, 0) is 25.8 Å². The summed E-state index contributed by atoms with van der Waals surface area (Å²) in [4.78, 5) is 0. The molecule has 0 amide bonds. The van der Waals surface area contributed by atoms with Crippen LogP contribution in [0.1, 0.15) is 63.6 Å². The minimum Gasteiger partial charge on any atom is -0.310 e. The van der Waals surface area contributed by atoms with E-state index < -0.39 is 0 Å². The van der Waals surface area contributed by atoms with Crippen LogP contribution in [0, 0.1) is 0 Å². The molecule has 1 N–H and O–H groups in total. The minimum atomic E-state index is 0.472. The smallest absolute Gasteiger partial charge is 0.0537 e. The molecule has 0 aliphatic heterocycles. The average Bonchev–Trinajstić information content (AvgIpc) is 2.95. The van der Waals surface area contributed by atoms with Gasteiger partial charge in [-0.2, -0.15) is 5.10 Å². The number of hydrogen-bond donors (Lipinski definition) is 1. The van der Waals surface area contributed by atoms with Crippen molar-refractivity contribution in [1.82, 2.24) is 15.1 Å². The lowest BCUT2D eigenvalue weighted by atomic mass is 10.1. The van der Waals surface area contributed by atoms with Gasteiger partial charge in [0, 0.05) is 17.8 Å². The van der Waals surface area contributed by atoms with Gasteiger partial charge in [-0.25, -0.2) is 0 Å². The van der Waals surface area contributed by atoms with E-state index in [1.165, 1.54) is 31.2 Å². The van der Waals surface area contributed by atoms with E-state index in [1.807, 2.05) is 6.20 Å². The molecule has 1 aromatic heterocycles. The number of nitrogens with zero attached hydrogens (tertiary/aromatic N) is 2. The van der Waals surface area contributed by atoms with Crippen LogP contribution in [-0.4, -0.2) is 16.3 Å². The number of hydrogen-bond acceptors (Lipinski definition) is 2. The Balaban J connectivity index is 2.05. The van der Waals surface area contributed by atoms with E-state index in [2.05, 4.69) is 35.1 Å². The quantitative estimate of drug-likeness (QED) is 0.828. The molecule has 1 aliphatic rings. The highest BCUT2D eigenvalue weighted by Gasteiger charge is 2.19. The largest absolute Gasteiger partial charge is 0.310 e. The van der Waals surface area contributed by atoms with Crippen molar-refractivity contribution < 1.29 is 0 Å². The second-order valence-corrected chi connectivity index (χ2v) is 4.71. The molecular formula is C13H23N3. The fourth-order valence-electron chi connectivity index (χ4n) is 2.65. The van der Waals surface area contributed by atoms with Crippen molar-refractivity contribution in [2.45, 2.75) is 58.0 Å². The average molecular weight is 221 g/mol. The number of nitrogens with one attached hydrogen (secondary N) is 1. The molecule has 0 saturated heterocycles. The Morgan fingerprint density at radius 2 is 2.19 bits per heavy atom. The Bertz CT molecular complexity index is 313. The molecule has 1 saturated carbocycles. The summed E-state index contributed by atoms with van der Waals surface area (Å²) in [5.74, 6) is 0. The van der Waals surface area contributed by atoms with Crippen LogP contribution in [0.15, 0.2) is 12.4 Å². The molecule has 1 aliphatic carbocycles. The van der Waals surface area contributed by atoms with E-state index in [9.17, 15) is 0 Å². The van der Waals surface area contributed by atoms with Crippen molar-refractivity contribution in [2.75, 3.05) is 6.54 Å². The molecule has 1 aromatic rings. The number of aromatic nitrogens is 2. The first-order valence-corrected chi connectivity index (χ1v) is 6.62. The van der Waals surface area contributed by atoms with Gasteiger partial charge < -0.3 is 5.32 Å². The van der Waals surface area contributed by atoms with Gasteiger partial charge in [0.15, 0.2) is 0 Å². The molecule has 0 radical (unpaired) electrons. The highest BCUT2D eigenvalue weighted by Crippen LogP contribution is 2.29. The van der Waals surface area contributed by atoms with E-state index in [1.54, 1.807) is 0 Å². The van der Waals surface area contributed by atoms with Crippen LogP contribution in [-0.2, 0) is 0 Å². The van der Waals surface area contributed by atoms with Gasteiger partial charge >= 0.3 is 0 Å². The van der Waals surface area contributed by atoms with E-state index in [4.69, 9.17) is 0 Å². The Morgan fingerprint density at radius 3 is 2.81 bits per heavy atom. The molecule has 1 atom stereocenters. The van der Waals surface area contributed by atoms with Crippen molar-refractivity contribution in [1.29, 1.82) is 0 Å². The lowest BCUT2D eigenvalue weighted by Crippen LogP contribution is -2.19. The normalized spacial score (nSPS) is 19.1. The standard InChI is InChI=1S/C13H23N3/c1-3-13(14-4-2)11-9-15-16(10-11)12-7-5-6-8-12/h9-10,12-14H,3-8H2,1-2H3. The zero-order valence-corrected chi connectivity index (χ0v) is 10.4. The summed E-state index contributed by atoms with van der Waals surface area (Å²) in [5.41, 5.74) is 1.34. The Kier molecular flexibility index (Phi) is 3.99. The molecule has 90 valence electrons. The molecule has 0 spiro atoms. The van der Waals surface area contributed by atoms with Gasteiger partial charge in [-0.3, -0.25) is 4.68 Å². The van der Waals surface area contributed by atoms with Crippen LogP contribution >= 0.6 is 0 Å². The Labute approximate surface area is 98.2 Å². The van der Waals surface area contributed by atoms with Crippen LogP contribution < -0.4 is 5.32 Å². The fraction of sp³-hybridized carbons (Fsp3) is 0.769. The Morgan fingerprint density at radius 1 is 1.44 bits per heavy atom. The van der Waals surface area contributed by atoms with E-state index in [0.717, 1.165) is 13.0 Å². The van der Waals surface area contributed by atoms with Crippen LogP contribution in [0.2, 0.25) is 0 Å². The molecule has 1 unspecified atom stereocenters. The van der Waals surface area contributed by atoms with E-state index >= 15 is 0 Å². The molecular weight excluding hydrogens is 198 g/mol. The maximum atomic E-state index is 4.53. The molecule has 0 bridgehead atoms. The van der Waals surface area contributed by atoms with Gasteiger partial charge in [-0.15, -0.1) is 0 Å². The maximum absolute atomic E-state index is 4.53. The highest BCUT2D eigenvalue weighted by atomic mass is 15.3.